The topological polar surface area (TPSA) is 55.1 Å². The Kier molecular flexibility index (Phi) is 4.72. The molecule has 3 aromatic heterocycles. The highest BCUT2D eigenvalue weighted by molar-refractivity contribution is 5.97. The standard InChI is InChI=1S/C24H21N5/c1-2-7-23-21(6-1)22(15-24-28-27-17-29(23)24)19-10-8-18(9-11-19)16-25-14-12-20-5-3-4-13-26-20/h1-11,13,15,17,25H,12,14,16H2. The zero-order chi connectivity index (χ0) is 19.5. The van der Waals surface area contributed by atoms with Crippen LogP contribution >= 0.6 is 0 Å². The third kappa shape index (κ3) is 3.60. The maximum Gasteiger partial charge on any atom is 0.161 e. The number of hydrogen-bond donors (Lipinski definition) is 1. The van der Waals surface area contributed by atoms with E-state index < -0.39 is 0 Å². The van der Waals surface area contributed by atoms with Gasteiger partial charge in [-0.2, -0.15) is 0 Å². The molecular weight excluding hydrogens is 358 g/mol. The number of fused-ring (bicyclic) bond motifs is 3. The molecule has 0 aliphatic heterocycles. The van der Waals surface area contributed by atoms with Gasteiger partial charge in [-0.15, -0.1) is 10.2 Å². The van der Waals surface area contributed by atoms with Crippen molar-refractivity contribution in [2.24, 2.45) is 0 Å². The molecule has 0 unspecified atom stereocenters. The minimum Gasteiger partial charge on any atom is -0.312 e. The molecule has 2 aromatic carbocycles. The lowest BCUT2D eigenvalue weighted by Crippen LogP contribution is -2.17. The summed E-state index contributed by atoms with van der Waals surface area (Å²) in [6, 6.07) is 25.3. The Morgan fingerprint density at radius 3 is 2.62 bits per heavy atom. The molecule has 5 rings (SSSR count). The Morgan fingerprint density at radius 2 is 1.76 bits per heavy atom. The Hall–Kier alpha value is -3.57. The summed E-state index contributed by atoms with van der Waals surface area (Å²) in [7, 11) is 0. The van der Waals surface area contributed by atoms with Gasteiger partial charge < -0.3 is 5.32 Å². The van der Waals surface area contributed by atoms with Gasteiger partial charge in [-0.1, -0.05) is 48.5 Å². The molecule has 0 aliphatic carbocycles. The van der Waals surface area contributed by atoms with Crippen LogP contribution < -0.4 is 5.32 Å². The van der Waals surface area contributed by atoms with E-state index in [1.165, 1.54) is 22.1 Å². The summed E-state index contributed by atoms with van der Waals surface area (Å²) in [4.78, 5) is 4.36. The normalized spacial score (nSPS) is 11.3. The highest BCUT2D eigenvalue weighted by Crippen LogP contribution is 2.30. The van der Waals surface area contributed by atoms with Crippen LogP contribution in [-0.2, 0) is 13.0 Å². The fraction of sp³-hybridized carbons (Fsp3) is 0.125. The SMILES string of the molecule is c1ccc(CCNCc2ccc(-c3cc4nncn4c4ccccc34)cc2)nc1. The van der Waals surface area contributed by atoms with Crippen molar-refractivity contribution in [3.8, 4) is 11.1 Å². The van der Waals surface area contributed by atoms with Crippen LogP contribution in [0.3, 0.4) is 0 Å². The maximum atomic E-state index is 4.36. The summed E-state index contributed by atoms with van der Waals surface area (Å²) in [5.41, 5.74) is 6.72. The smallest absolute Gasteiger partial charge is 0.161 e. The summed E-state index contributed by atoms with van der Waals surface area (Å²) in [6.45, 7) is 1.75. The van der Waals surface area contributed by atoms with E-state index in [2.05, 4.69) is 75.1 Å². The van der Waals surface area contributed by atoms with Gasteiger partial charge in [0.15, 0.2) is 5.65 Å². The molecule has 0 aliphatic rings. The Balaban J connectivity index is 1.33. The predicted molar refractivity (Wildman–Crippen MR) is 116 cm³/mol. The summed E-state index contributed by atoms with van der Waals surface area (Å²) in [5.74, 6) is 0. The van der Waals surface area contributed by atoms with Crippen LogP contribution in [0, 0.1) is 0 Å². The molecule has 0 radical (unpaired) electrons. The van der Waals surface area contributed by atoms with Gasteiger partial charge in [-0.05, 0) is 41.0 Å². The number of nitrogens with zero attached hydrogens (tertiary/aromatic N) is 4. The monoisotopic (exact) mass is 379 g/mol. The van der Waals surface area contributed by atoms with Crippen molar-refractivity contribution in [3.63, 3.8) is 0 Å². The van der Waals surface area contributed by atoms with Crippen LogP contribution in [0.5, 0.6) is 0 Å². The van der Waals surface area contributed by atoms with Crippen LogP contribution in [0.15, 0.2) is 85.3 Å². The highest BCUT2D eigenvalue weighted by atomic mass is 15.2. The fourth-order valence-electron chi connectivity index (χ4n) is 3.68. The molecule has 0 fully saturated rings. The lowest BCUT2D eigenvalue weighted by Gasteiger charge is -2.10. The van der Waals surface area contributed by atoms with E-state index in [1.54, 1.807) is 6.33 Å². The number of rotatable bonds is 6. The van der Waals surface area contributed by atoms with E-state index in [0.29, 0.717) is 0 Å². The number of pyridine rings is 2. The van der Waals surface area contributed by atoms with Gasteiger partial charge in [-0.25, -0.2) is 0 Å². The zero-order valence-corrected chi connectivity index (χ0v) is 16.0. The van der Waals surface area contributed by atoms with Crippen molar-refractivity contribution in [1.82, 2.24) is 24.9 Å². The van der Waals surface area contributed by atoms with Crippen molar-refractivity contribution < 1.29 is 0 Å². The van der Waals surface area contributed by atoms with E-state index in [0.717, 1.165) is 36.4 Å². The van der Waals surface area contributed by atoms with Crippen molar-refractivity contribution >= 4 is 16.6 Å². The van der Waals surface area contributed by atoms with Gasteiger partial charge in [0.1, 0.15) is 6.33 Å². The summed E-state index contributed by atoms with van der Waals surface area (Å²) in [5, 5.41) is 13.0. The summed E-state index contributed by atoms with van der Waals surface area (Å²) in [6.07, 6.45) is 4.54. The molecule has 5 nitrogen and oxygen atoms in total. The van der Waals surface area contributed by atoms with Gasteiger partial charge >= 0.3 is 0 Å². The average molecular weight is 379 g/mol. The van der Waals surface area contributed by atoms with Crippen molar-refractivity contribution in [1.29, 1.82) is 0 Å². The number of aromatic nitrogens is 4. The number of benzene rings is 2. The van der Waals surface area contributed by atoms with Crippen LogP contribution in [0.1, 0.15) is 11.3 Å². The molecule has 0 amide bonds. The summed E-state index contributed by atoms with van der Waals surface area (Å²) < 4.78 is 2.03. The van der Waals surface area contributed by atoms with Crippen molar-refractivity contribution in [2.45, 2.75) is 13.0 Å². The third-order valence-corrected chi connectivity index (χ3v) is 5.18. The average Bonchev–Trinajstić information content (AvgIpc) is 3.26. The lowest BCUT2D eigenvalue weighted by atomic mass is 10.00. The zero-order valence-electron chi connectivity index (χ0n) is 16.0. The van der Waals surface area contributed by atoms with Gasteiger partial charge in [-0.3, -0.25) is 9.38 Å². The quantitative estimate of drug-likeness (QED) is 0.448. The highest BCUT2D eigenvalue weighted by Gasteiger charge is 2.09. The minimum atomic E-state index is 0.844. The first-order chi connectivity index (χ1) is 14.4. The Labute approximate surface area is 169 Å². The first-order valence-electron chi connectivity index (χ1n) is 9.80. The number of hydrogen-bond acceptors (Lipinski definition) is 4. The largest absolute Gasteiger partial charge is 0.312 e. The van der Waals surface area contributed by atoms with Crippen LogP contribution in [0.25, 0.3) is 27.7 Å². The molecule has 0 atom stereocenters. The molecule has 142 valence electrons. The van der Waals surface area contributed by atoms with Gasteiger partial charge in [0, 0.05) is 36.8 Å². The molecule has 3 heterocycles. The molecule has 0 saturated carbocycles. The molecule has 29 heavy (non-hydrogen) atoms. The molecule has 1 N–H and O–H groups in total. The van der Waals surface area contributed by atoms with Crippen LogP contribution in [0.4, 0.5) is 0 Å². The van der Waals surface area contributed by atoms with Crippen LogP contribution in [-0.4, -0.2) is 26.1 Å². The van der Waals surface area contributed by atoms with E-state index >= 15 is 0 Å². The Bertz CT molecular complexity index is 1240. The van der Waals surface area contributed by atoms with Gasteiger partial charge in [0.25, 0.3) is 0 Å². The fourth-order valence-corrected chi connectivity index (χ4v) is 3.68. The molecule has 5 heteroatoms. The first-order valence-corrected chi connectivity index (χ1v) is 9.80. The molecular formula is C24H21N5. The molecule has 0 bridgehead atoms. The molecule has 0 saturated heterocycles. The van der Waals surface area contributed by atoms with Gasteiger partial charge in [0.05, 0.1) is 5.52 Å². The van der Waals surface area contributed by atoms with E-state index in [4.69, 9.17) is 0 Å². The second-order valence-corrected chi connectivity index (χ2v) is 7.08. The van der Waals surface area contributed by atoms with Gasteiger partial charge in [0.2, 0.25) is 0 Å². The second kappa shape index (κ2) is 7.81. The Morgan fingerprint density at radius 1 is 0.897 bits per heavy atom. The molecule has 5 aromatic rings. The summed E-state index contributed by atoms with van der Waals surface area (Å²) >= 11 is 0. The maximum absolute atomic E-state index is 4.36. The van der Waals surface area contributed by atoms with E-state index in [1.807, 2.05) is 28.8 Å². The number of nitrogens with one attached hydrogen (secondary N) is 1. The van der Waals surface area contributed by atoms with Crippen molar-refractivity contribution in [3.05, 3.63) is 96.6 Å². The van der Waals surface area contributed by atoms with Crippen molar-refractivity contribution in [2.75, 3.05) is 6.54 Å². The first kappa shape index (κ1) is 17.5. The minimum absolute atomic E-state index is 0.844. The third-order valence-electron chi connectivity index (χ3n) is 5.18. The van der Waals surface area contributed by atoms with E-state index in [9.17, 15) is 0 Å². The lowest BCUT2D eigenvalue weighted by molar-refractivity contribution is 0.680. The second-order valence-electron chi connectivity index (χ2n) is 7.08. The molecule has 0 spiro atoms. The predicted octanol–water partition coefficient (Wildman–Crippen LogP) is 4.28. The van der Waals surface area contributed by atoms with Crippen LogP contribution in [0.2, 0.25) is 0 Å². The van der Waals surface area contributed by atoms with E-state index in [-0.39, 0.29) is 0 Å². The number of para-hydroxylation sites is 1.